The second kappa shape index (κ2) is 4.47. The smallest absolute Gasteiger partial charge is 0.234 e. The van der Waals surface area contributed by atoms with Crippen LogP contribution in [0.3, 0.4) is 0 Å². The maximum Gasteiger partial charge on any atom is 0.234 e. The number of hydrogen-bond donors (Lipinski definition) is 3. The van der Waals surface area contributed by atoms with Gasteiger partial charge in [-0.05, 0) is 12.8 Å². The third kappa shape index (κ3) is 2.30. The first-order valence-electron chi connectivity index (χ1n) is 5.63. The zero-order chi connectivity index (χ0) is 10.8. The monoisotopic (exact) mass is 213 g/mol. The van der Waals surface area contributed by atoms with Gasteiger partial charge in [-0.1, -0.05) is 6.42 Å². The molecule has 0 spiro atoms. The van der Waals surface area contributed by atoms with Crippen LogP contribution in [0.4, 0.5) is 0 Å². The van der Waals surface area contributed by atoms with Crippen LogP contribution in [-0.4, -0.2) is 53.7 Å². The first-order valence-corrected chi connectivity index (χ1v) is 5.63. The summed E-state index contributed by atoms with van der Waals surface area (Å²) in [6.07, 6.45) is 2.39. The molecule has 0 aromatic rings. The van der Waals surface area contributed by atoms with Crippen LogP contribution in [0.1, 0.15) is 19.3 Å². The van der Waals surface area contributed by atoms with Crippen molar-refractivity contribution < 1.29 is 9.90 Å². The number of nitrogens with two attached hydrogens (primary N) is 1. The minimum Gasteiger partial charge on any atom is -0.390 e. The van der Waals surface area contributed by atoms with Crippen molar-refractivity contribution in [3.63, 3.8) is 0 Å². The molecule has 86 valence electrons. The molecule has 0 radical (unpaired) electrons. The average molecular weight is 213 g/mol. The van der Waals surface area contributed by atoms with Gasteiger partial charge in [-0.15, -0.1) is 0 Å². The molecular formula is C10H19N3O2. The van der Waals surface area contributed by atoms with E-state index in [2.05, 4.69) is 10.2 Å². The van der Waals surface area contributed by atoms with Crippen molar-refractivity contribution in [3.05, 3.63) is 0 Å². The molecule has 5 heteroatoms. The first kappa shape index (κ1) is 10.9. The van der Waals surface area contributed by atoms with E-state index in [9.17, 15) is 9.90 Å². The molecule has 1 saturated carbocycles. The number of rotatable bonds is 1. The van der Waals surface area contributed by atoms with Gasteiger partial charge in [-0.25, -0.2) is 0 Å². The number of carbonyl (C=O) groups excluding carboxylic acids is 1. The van der Waals surface area contributed by atoms with E-state index in [1.165, 1.54) is 0 Å². The number of aliphatic hydroxyl groups is 1. The highest BCUT2D eigenvalue weighted by atomic mass is 16.3. The van der Waals surface area contributed by atoms with E-state index in [1.807, 2.05) is 0 Å². The Morgan fingerprint density at radius 2 is 2.27 bits per heavy atom. The van der Waals surface area contributed by atoms with E-state index < -0.39 is 6.10 Å². The minimum absolute atomic E-state index is 0.0487. The summed E-state index contributed by atoms with van der Waals surface area (Å²) < 4.78 is 0. The third-order valence-corrected chi connectivity index (χ3v) is 3.41. The lowest BCUT2D eigenvalue weighted by Crippen LogP contribution is -2.59. The fourth-order valence-corrected chi connectivity index (χ4v) is 2.53. The summed E-state index contributed by atoms with van der Waals surface area (Å²) in [5.74, 6) is 0.0487. The topological polar surface area (TPSA) is 78.6 Å². The largest absolute Gasteiger partial charge is 0.390 e. The molecule has 15 heavy (non-hydrogen) atoms. The molecule has 0 unspecified atom stereocenters. The van der Waals surface area contributed by atoms with Gasteiger partial charge in [-0.2, -0.15) is 0 Å². The van der Waals surface area contributed by atoms with Gasteiger partial charge in [0.2, 0.25) is 5.91 Å². The van der Waals surface area contributed by atoms with E-state index in [0.717, 1.165) is 25.8 Å². The van der Waals surface area contributed by atoms with Crippen molar-refractivity contribution in [2.24, 2.45) is 5.73 Å². The number of amides is 1. The Labute approximate surface area is 89.6 Å². The lowest BCUT2D eigenvalue weighted by molar-refractivity contribution is -0.126. The number of nitrogens with one attached hydrogen (secondary N) is 1. The van der Waals surface area contributed by atoms with Gasteiger partial charge in [0.25, 0.3) is 0 Å². The summed E-state index contributed by atoms with van der Waals surface area (Å²) in [5, 5.41) is 12.8. The lowest BCUT2D eigenvalue weighted by atomic mass is 9.87. The van der Waals surface area contributed by atoms with Crippen LogP contribution < -0.4 is 11.1 Å². The molecule has 0 bridgehead atoms. The van der Waals surface area contributed by atoms with Gasteiger partial charge in [0, 0.05) is 25.2 Å². The van der Waals surface area contributed by atoms with E-state index in [-0.39, 0.29) is 18.0 Å². The molecule has 1 amide bonds. The molecule has 1 saturated heterocycles. The Balaban J connectivity index is 1.98. The van der Waals surface area contributed by atoms with Crippen LogP contribution in [0.2, 0.25) is 0 Å². The van der Waals surface area contributed by atoms with Crippen LogP contribution in [0.25, 0.3) is 0 Å². The standard InChI is InChI=1S/C10H19N3O2/c11-7-2-1-3-8(10(7)15)13-5-4-12-9(14)6-13/h7-8,10,15H,1-6,11H2,(H,12,14)/t7-,8-,10-/m1/s1. The summed E-state index contributed by atoms with van der Waals surface area (Å²) >= 11 is 0. The van der Waals surface area contributed by atoms with Crippen molar-refractivity contribution in [3.8, 4) is 0 Å². The highest BCUT2D eigenvalue weighted by molar-refractivity contribution is 5.78. The second-order valence-electron chi connectivity index (χ2n) is 4.47. The Kier molecular flexibility index (Phi) is 3.23. The summed E-state index contributed by atoms with van der Waals surface area (Å²) in [5.41, 5.74) is 5.83. The second-order valence-corrected chi connectivity index (χ2v) is 4.47. The fourth-order valence-electron chi connectivity index (χ4n) is 2.53. The maximum atomic E-state index is 11.2. The summed E-state index contributed by atoms with van der Waals surface area (Å²) in [4.78, 5) is 13.3. The van der Waals surface area contributed by atoms with E-state index in [0.29, 0.717) is 13.1 Å². The zero-order valence-electron chi connectivity index (χ0n) is 8.85. The molecule has 2 aliphatic rings. The van der Waals surface area contributed by atoms with Crippen LogP contribution in [0.5, 0.6) is 0 Å². The number of nitrogens with zero attached hydrogens (tertiary/aromatic N) is 1. The van der Waals surface area contributed by atoms with E-state index >= 15 is 0 Å². The third-order valence-electron chi connectivity index (χ3n) is 3.41. The molecule has 4 N–H and O–H groups in total. The molecule has 2 fully saturated rings. The minimum atomic E-state index is -0.482. The van der Waals surface area contributed by atoms with Crippen molar-refractivity contribution in [1.82, 2.24) is 10.2 Å². The molecule has 0 aromatic heterocycles. The molecule has 1 aliphatic heterocycles. The number of carbonyl (C=O) groups is 1. The maximum absolute atomic E-state index is 11.2. The fraction of sp³-hybridized carbons (Fsp3) is 0.900. The Morgan fingerprint density at radius 1 is 1.47 bits per heavy atom. The molecule has 1 heterocycles. The van der Waals surface area contributed by atoms with Crippen molar-refractivity contribution >= 4 is 5.91 Å². The molecule has 3 atom stereocenters. The van der Waals surface area contributed by atoms with Crippen LogP contribution in [0, 0.1) is 0 Å². The van der Waals surface area contributed by atoms with Crippen LogP contribution in [-0.2, 0) is 4.79 Å². The van der Waals surface area contributed by atoms with Crippen molar-refractivity contribution in [2.45, 2.75) is 37.5 Å². The quantitative estimate of drug-likeness (QED) is 0.504. The summed E-state index contributed by atoms with van der Waals surface area (Å²) in [6, 6.07) is -0.0615. The molecule has 1 aliphatic carbocycles. The average Bonchev–Trinajstić information content (AvgIpc) is 2.22. The van der Waals surface area contributed by atoms with Crippen molar-refractivity contribution in [1.29, 1.82) is 0 Å². The predicted octanol–water partition coefficient (Wildman–Crippen LogP) is -1.34. The van der Waals surface area contributed by atoms with Gasteiger partial charge >= 0.3 is 0 Å². The number of aliphatic hydroxyl groups excluding tert-OH is 1. The van der Waals surface area contributed by atoms with Gasteiger partial charge in [-0.3, -0.25) is 9.69 Å². The van der Waals surface area contributed by atoms with Gasteiger partial charge in [0.15, 0.2) is 0 Å². The highest BCUT2D eigenvalue weighted by Crippen LogP contribution is 2.22. The Hall–Kier alpha value is -0.650. The molecular weight excluding hydrogens is 194 g/mol. The SMILES string of the molecule is N[C@@H]1CCC[C@@H](N2CCNC(=O)C2)[C@@H]1O. The molecule has 2 rings (SSSR count). The number of hydrogen-bond acceptors (Lipinski definition) is 4. The van der Waals surface area contributed by atoms with Gasteiger partial charge in [0.1, 0.15) is 0 Å². The predicted molar refractivity (Wildman–Crippen MR) is 56.2 cm³/mol. The van der Waals surface area contributed by atoms with Crippen LogP contribution in [0.15, 0.2) is 0 Å². The Bertz CT molecular complexity index is 247. The molecule has 5 nitrogen and oxygen atoms in total. The van der Waals surface area contributed by atoms with Crippen LogP contribution >= 0.6 is 0 Å². The van der Waals surface area contributed by atoms with E-state index in [4.69, 9.17) is 5.73 Å². The summed E-state index contributed by atoms with van der Waals surface area (Å²) in [7, 11) is 0. The molecule has 0 aromatic carbocycles. The normalized spacial score (nSPS) is 38.8. The van der Waals surface area contributed by atoms with Gasteiger partial charge in [0.05, 0.1) is 12.6 Å². The first-order chi connectivity index (χ1) is 7.18. The van der Waals surface area contributed by atoms with Gasteiger partial charge < -0.3 is 16.2 Å². The van der Waals surface area contributed by atoms with Crippen molar-refractivity contribution in [2.75, 3.05) is 19.6 Å². The lowest BCUT2D eigenvalue weighted by Gasteiger charge is -2.41. The van der Waals surface area contributed by atoms with E-state index in [1.54, 1.807) is 0 Å². The zero-order valence-corrected chi connectivity index (χ0v) is 8.85. The number of piperazine rings is 1. The summed E-state index contributed by atoms with van der Waals surface area (Å²) in [6.45, 7) is 1.89. The highest BCUT2D eigenvalue weighted by Gasteiger charge is 2.35. The Morgan fingerprint density at radius 3 is 3.00 bits per heavy atom.